The number of nitrogens with zero attached hydrogens (tertiary/aromatic N) is 5. The zero-order chi connectivity index (χ0) is 20.3. The molecule has 1 aromatic carbocycles. The fourth-order valence-corrected chi connectivity index (χ4v) is 4.93. The Kier molecular flexibility index (Phi) is 6.28. The van der Waals surface area contributed by atoms with Gasteiger partial charge in [-0.15, -0.1) is 11.3 Å². The Morgan fingerprint density at radius 2 is 2.21 bits per heavy atom. The van der Waals surface area contributed by atoms with Crippen molar-refractivity contribution in [3.63, 3.8) is 0 Å². The van der Waals surface area contributed by atoms with E-state index in [0.29, 0.717) is 12.6 Å². The van der Waals surface area contributed by atoms with Gasteiger partial charge in [0.05, 0.1) is 18.3 Å². The summed E-state index contributed by atoms with van der Waals surface area (Å²) in [6, 6.07) is 2.91. The molecule has 2 heterocycles. The predicted molar refractivity (Wildman–Crippen MR) is 101 cm³/mol. The Morgan fingerprint density at radius 3 is 2.82 bits per heavy atom. The highest BCUT2D eigenvalue weighted by Crippen LogP contribution is 2.33. The fourth-order valence-electron chi connectivity index (χ4n) is 2.86. The molecule has 0 spiro atoms. The van der Waals surface area contributed by atoms with Crippen LogP contribution in [0, 0.1) is 11.6 Å². The molecule has 0 radical (unpaired) electrons. The molecule has 11 heteroatoms. The second-order valence-electron chi connectivity index (χ2n) is 6.27. The first-order chi connectivity index (χ1) is 13.3. The second kappa shape index (κ2) is 8.52. The highest BCUT2D eigenvalue weighted by molar-refractivity contribution is 7.83. The number of hydrogen-bond acceptors (Lipinski definition) is 6. The summed E-state index contributed by atoms with van der Waals surface area (Å²) >= 11 is 1.42. The maximum atomic E-state index is 14.5. The van der Waals surface area contributed by atoms with Crippen molar-refractivity contribution in [1.29, 1.82) is 0 Å². The van der Waals surface area contributed by atoms with Gasteiger partial charge in [-0.1, -0.05) is 6.07 Å². The molecule has 1 unspecified atom stereocenters. The smallest absolute Gasteiger partial charge is 0.137 e. The van der Waals surface area contributed by atoms with Crippen molar-refractivity contribution in [2.24, 2.45) is 0 Å². The van der Waals surface area contributed by atoms with E-state index in [1.54, 1.807) is 20.2 Å². The summed E-state index contributed by atoms with van der Waals surface area (Å²) in [6.45, 7) is 1.65. The third kappa shape index (κ3) is 4.32. The average molecular weight is 428 g/mol. The van der Waals surface area contributed by atoms with Gasteiger partial charge in [0.1, 0.15) is 45.9 Å². The Bertz CT molecular complexity index is 939. The Balaban J connectivity index is 1.94. The maximum absolute atomic E-state index is 14.5. The van der Waals surface area contributed by atoms with Crippen LogP contribution in [0.4, 0.5) is 8.78 Å². The van der Waals surface area contributed by atoms with E-state index in [1.807, 2.05) is 5.38 Å². The molecule has 1 N–H and O–H groups in total. The number of halogens is 2. The lowest BCUT2D eigenvalue weighted by Crippen LogP contribution is -2.48. The average Bonchev–Trinajstić information content (AvgIpc) is 3.34. The molecule has 0 aliphatic heterocycles. The van der Waals surface area contributed by atoms with E-state index in [4.69, 9.17) is 0 Å². The van der Waals surface area contributed by atoms with Crippen molar-refractivity contribution in [3.05, 3.63) is 64.6 Å². The SMILES string of the molecule is C[C@@H](S(=O)N(C)Cc1nccs1)[C@](O)(Cn1cncn1)c1ccc(F)cc1F. The molecule has 3 rings (SSSR count). The zero-order valence-corrected chi connectivity index (χ0v) is 16.8. The first-order valence-corrected chi connectivity index (χ1v) is 10.4. The molecule has 0 aliphatic carbocycles. The van der Waals surface area contributed by atoms with Gasteiger partial charge >= 0.3 is 0 Å². The number of rotatable bonds is 8. The fraction of sp³-hybridized carbons (Fsp3) is 0.353. The first kappa shape index (κ1) is 20.6. The van der Waals surface area contributed by atoms with E-state index in [-0.39, 0.29) is 12.1 Å². The Labute approximate surface area is 167 Å². The van der Waals surface area contributed by atoms with Crippen LogP contribution in [0.25, 0.3) is 0 Å². The van der Waals surface area contributed by atoms with Crippen LogP contribution in [0.15, 0.2) is 42.4 Å². The first-order valence-electron chi connectivity index (χ1n) is 8.32. The van der Waals surface area contributed by atoms with Gasteiger partial charge in [-0.2, -0.15) is 5.10 Å². The predicted octanol–water partition coefficient (Wildman–Crippen LogP) is 2.08. The van der Waals surface area contributed by atoms with E-state index >= 15 is 0 Å². The highest BCUT2D eigenvalue weighted by Gasteiger charge is 2.43. The third-order valence-corrected chi connectivity index (χ3v) is 6.89. The largest absolute Gasteiger partial charge is 0.382 e. The molecule has 3 atom stereocenters. The summed E-state index contributed by atoms with van der Waals surface area (Å²) in [7, 11) is -0.0812. The molecule has 150 valence electrons. The molecule has 0 saturated heterocycles. The van der Waals surface area contributed by atoms with Crippen molar-refractivity contribution in [2.45, 2.75) is 30.9 Å². The number of aliphatic hydroxyl groups is 1. The van der Waals surface area contributed by atoms with Crippen molar-refractivity contribution in [3.8, 4) is 0 Å². The highest BCUT2D eigenvalue weighted by atomic mass is 32.2. The van der Waals surface area contributed by atoms with Gasteiger partial charge in [0.15, 0.2) is 0 Å². The van der Waals surface area contributed by atoms with Gasteiger partial charge < -0.3 is 5.11 Å². The summed E-state index contributed by atoms with van der Waals surface area (Å²) in [5, 5.41) is 17.0. The lowest BCUT2D eigenvalue weighted by molar-refractivity contribution is 0.0111. The second-order valence-corrected chi connectivity index (χ2v) is 9.13. The molecule has 28 heavy (non-hydrogen) atoms. The van der Waals surface area contributed by atoms with Crippen LogP contribution >= 0.6 is 11.3 Å². The number of benzene rings is 1. The lowest BCUT2D eigenvalue weighted by Gasteiger charge is -2.35. The van der Waals surface area contributed by atoms with Crippen molar-refractivity contribution in [1.82, 2.24) is 24.1 Å². The van der Waals surface area contributed by atoms with E-state index in [9.17, 15) is 18.1 Å². The standard InChI is InChI=1S/C17H19F2N5O2S2/c1-12(28(26)23(2)8-16-21-5-6-27-16)17(25,9-24-11-20-10-22-24)14-4-3-13(18)7-15(14)19/h3-7,10-12,25H,8-9H2,1-2H3/t12-,17-,28?/m1/s1. The van der Waals surface area contributed by atoms with Crippen LogP contribution in [-0.2, 0) is 29.7 Å². The maximum Gasteiger partial charge on any atom is 0.137 e. The minimum atomic E-state index is -1.92. The normalized spacial score (nSPS) is 16.1. The number of thiazole rings is 1. The molecule has 0 saturated carbocycles. The molecule has 0 amide bonds. The lowest BCUT2D eigenvalue weighted by atomic mass is 9.90. The monoisotopic (exact) mass is 427 g/mol. The van der Waals surface area contributed by atoms with Gasteiger partial charge in [0, 0.05) is 30.3 Å². The zero-order valence-electron chi connectivity index (χ0n) is 15.2. The van der Waals surface area contributed by atoms with Gasteiger partial charge in [0.25, 0.3) is 0 Å². The van der Waals surface area contributed by atoms with Gasteiger partial charge in [-0.25, -0.2) is 31.9 Å². The summed E-state index contributed by atoms with van der Waals surface area (Å²) < 4.78 is 43.9. The van der Waals surface area contributed by atoms with Crippen LogP contribution in [0.3, 0.4) is 0 Å². The Morgan fingerprint density at radius 1 is 1.43 bits per heavy atom. The topological polar surface area (TPSA) is 84.1 Å². The van der Waals surface area contributed by atoms with E-state index in [0.717, 1.165) is 17.1 Å². The molecule has 3 aromatic rings. The summed E-state index contributed by atoms with van der Waals surface area (Å²) in [4.78, 5) is 7.98. The minimum Gasteiger partial charge on any atom is -0.382 e. The quantitative estimate of drug-likeness (QED) is 0.595. The molecule has 0 aliphatic rings. The molecule has 0 bridgehead atoms. The van der Waals surface area contributed by atoms with E-state index < -0.39 is 33.5 Å². The van der Waals surface area contributed by atoms with Crippen LogP contribution in [0.2, 0.25) is 0 Å². The third-order valence-electron chi connectivity index (χ3n) is 4.39. The van der Waals surface area contributed by atoms with Crippen molar-refractivity contribution in [2.75, 3.05) is 7.05 Å². The molecular weight excluding hydrogens is 408 g/mol. The Hall–Kier alpha value is -2.08. The molecule has 0 fully saturated rings. The summed E-state index contributed by atoms with van der Waals surface area (Å²) in [5.41, 5.74) is -2.08. The van der Waals surface area contributed by atoms with Gasteiger partial charge in [-0.05, 0) is 13.0 Å². The number of hydrogen-bond donors (Lipinski definition) is 1. The van der Waals surface area contributed by atoms with Crippen LogP contribution in [-0.4, -0.2) is 45.7 Å². The molecule has 2 aromatic heterocycles. The van der Waals surface area contributed by atoms with Crippen LogP contribution in [0.5, 0.6) is 0 Å². The van der Waals surface area contributed by atoms with Crippen LogP contribution in [0.1, 0.15) is 17.5 Å². The van der Waals surface area contributed by atoms with E-state index in [1.165, 1.54) is 33.0 Å². The van der Waals surface area contributed by atoms with E-state index in [2.05, 4.69) is 15.1 Å². The van der Waals surface area contributed by atoms with Crippen molar-refractivity contribution >= 4 is 22.3 Å². The summed E-state index contributed by atoms with van der Waals surface area (Å²) in [5.74, 6) is -1.69. The van der Waals surface area contributed by atoms with Gasteiger partial charge in [-0.3, -0.25) is 0 Å². The molecular formula is C17H19F2N5O2S2. The minimum absolute atomic E-state index is 0.159. The molecule has 7 nitrogen and oxygen atoms in total. The van der Waals surface area contributed by atoms with Gasteiger partial charge in [0.2, 0.25) is 0 Å². The number of aromatic nitrogens is 4. The summed E-state index contributed by atoms with van der Waals surface area (Å²) in [6.07, 6.45) is 4.29. The van der Waals surface area contributed by atoms with Crippen LogP contribution < -0.4 is 0 Å². The van der Waals surface area contributed by atoms with Crippen molar-refractivity contribution < 1.29 is 18.1 Å².